The van der Waals surface area contributed by atoms with E-state index in [9.17, 15) is 9.59 Å². The molecule has 3 atom stereocenters. The van der Waals surface area contributed by atoms with E-state index in [4.69, 9.17) is 0 Å². The highest BCUT2D eigenvalue weighted by Gasteiger charge is 2.24. The summed E-state index contributed by atoms with van der Waals surface area (Å²) in [6.07, 6.45) is 9.03. The van der Waals surface area contributed by atoms with Gasteiger partial charge in [0.25, 0.3) is 0 Å². The van der Waals surface area contributed by atoms with Crippen molar-refractivity contribution < 1.29 is 9.59 Å². The molecule has 0 spiro atoms. The third kappa shape index (κ3) is 13.0. The summed E-state index contributed by atoms with van der Waals surface area (Å²) in [4.78, 5) is 24.5. The van der Waals surface area contributed by atoms with Crippen LogP contribution in [0.2, 0.25) is 0 Å². The van der Waals surface area contributed by atoms with Crippen molar-refractivity contribution in [3.63, 3.8) is 0 Å². The quantitative estimate of drug-likeness (QED) is 0.287. The Morgan fingerprint density at radius 2 is 1.52 bits per heavy atom. The Labute approximate surface area is 156 Å². The van der Waals surface area contributed by atoms with E-state index < -0.39 is 0 Å². The highest BCUT2D eigenvalue weighted by atomic mass is 16.2. The molecule has 25 heavy (non-hydrogen) atoms. The van der Waals surface area contributed by atoms with Crippen LogP contribution in [0.5, 0.6) is 0 Å². The van der Waals surface area contributed by atoms with Crippen LogP contribution in [0.25, 0.3) is 0 Å². The molecule has 2 nitrogen and oxygen atoms in total. The SMILES string of the molecule is CC(C)=CCCC(C)CCCC(C)C(=O)C(=O)CC(C)CC(C)(C)C. The molecule has 0 aliphatic rings. The van der Waals surface area contributed by atoms with Crippen LogP contribution in [-0.4, -0.2) is 11.6 Å². The molecule has 0 saturated heterocycles. The maximum Gasteiger partial charge on any atom is 0.201 e. The van der Waals surface area contributed by atoms with Crippen molar-refractivity contribution >= 4 is 11.6 Å². The van der Waals surface area contributed by atoms with Gasteiger partial charge in [-0.15, -0.1) is 0 Å². The molecule has 0 N–H and O–H groups in total. The topological polar surface area (TPSA) is 34.1 Å². The average Bonchev–Trinajstić information content (AvgIpc) is 2.43. The van der Waals surface area contributed by atoms with Gasteiger partial charge in [0.1, 0.15) is 0 Å². The number of allylic oxidation sites excluding steroid dienone is 2. The molecule has 0 fully saturated rings. The molecule has 0 heterocycles. The Balaban J connectivity index is 4.12. The standard InChI is InChI=1S/C23H42O2/c1-17(2)11-9-12-18(3)13-10-14-20(5)22(25)21(24)15-19(4)16-23(6,7)8/h11,18-20H,9-10,12-16H2,1-8H3. The number of carbonyl (C=O) groups excluding carboxylic acids is 2. The molecule has 0 aliphatic carbocycles. The molecule has 0 aromatic rings. The Bertz CT molecular complexity index is 435. The minimum atomic E-state index is -0.166. The summed E-state index contributed by atoms with van der Waals surface area (Å²) in [5.74, 6) is 0.511. The van der Waals surface area contributed by atoms with E-state index >= 15 is 0 Å². The minimum Gasteiger partial charge on any atom is -0.291 e. The summed E-state index contributed by atoms with van der Waals surface area (Å²) in [6, 6.07) is 0. The fourth-order valence-corrected chi connectivity index (χ4v) is 3.51. The van der Waals surface area contributed by atoms with Crippen LogP contribution in [0.4, 0.5) is 0 Å². The number of Topliss-reactive ketones (excluding diaryl/α,β-unsaturated/α-hetero) is 2. The number of carbonyl (C=O) groups is 2. The third-order valence-corrected chi connectivity index (χ3v) is 4.76. The fourth-order valence-electron chi connectivity index (χ4n) is 3.51. The van der Waals surface area contributed by atoms with Crippen molar-refractivity contribution in [2.45, 2.75) is 100 Å². The molecule has 0 amide bonds. The monoisotopic (exact) mass is 350 g/mol. The smallest absolute Gasteiger partial charge is 0.201 e. The first-order chi connectivity index (χ1) is 11.4. The summed E-state index contributed by atoms with van der Waals surface area (Å²) < 4.78 is 0. The normalized spacial score (nSPS) is 15.4. The molecule has 0 rings (SSSR count). The molecule has 0 aliphatic heterocycles. The number of hydrogen-bond donors (Lipinski definition) is 0. The van der Waals surface area contributed by atoms with E-state index in [1.165, 1.54) is 12.0 Å². The van der Waals surface area contributed by atoms with E-state index in [1.54, 1.807) is 0 Å². The maximum atomic E-state index is 12.3. The van der Waals surface area contributed by atoms with Crippen molar-refractivity contribution in [2.75, 3.05) is 0 Å². The number of hydrogen-bond acceptors (Lipinski definition) is 2. The van der Waals surface area contributed by atoms with Gasteiger partial charge < -0.3 is 0 Å². The molecular formula is C23H42O2. The van der Waals surface area contributed by atoms with E-state index in [0.717, 1.165) is 32.1 Å². The summed E-state index contributed by atoms with van der Waals surface area (Å²) in [5, 5.41) is 0. The lowest BCUT2D eigenvalue weighted by atomic mass is 9.82. The second-order valence-electron chi connectivity index (χ2n) is 9.66. The molecule has 0 aromatic heterocycles. The second-order valence-corrected chi connectivity index (χ2v) is 9.66. The van der Waals surface area contributed by atoms with Crippen molar-refractivity contribution in [2.24, 2.45) is 23.2 Å². The van der Waals surface area contributed by atoms with Crippen LogP contribution in [0, 0.1) is 23.2 Å². The molecule has 0 bridgehead atoms. The molecule has 0 aromatic carbocycles. The summed E-state index contributed by atoms with van der Waals surface area (Å²) in [6.45, 7) is 17.1. The van der Waals surface area contributed by atoms with Crippen molar-refractivity contribution in [1.82, 2.24) is 0 Å². The lowest BCUT2D eigenvalue weighted by Crippen LogP contribution is -2.24. The first-order valence-electron chi connectivity index (χ1n) is 10.1. The van der Waals surface area contributed by atoms with Gasteiger partial charge in [-0.2, -0.15) is 0 Å². The Hall–Kier alpha value is -0.920. The highest BCUT2D eigenvalue weighted by Crippen LogP contribution is 2.26. The zero-order chi connectivity index (χ0) is 19.6. The van der Waals surface area contributed by atoms with Gasteiger partial charge in [-0.1, -0.05) is 66.0 Å². The molecule has 0 saturated carbocycles. The van der Waals surface area contributed by atoms with Crippen molar-refractivity contribution in [3.8, 4) is 0 Å². The largest absolute Gasteiger partial charge is 0.291 e. The molecule has 0 radical (unpaired) electrons. The predicted octanol–water partition coefficient (Wildman–Crippen LogP) is 6.78. The van der Waals surface area contributed by atoms with Crippen LogP contribution in [0.15, 0.2) is 11.6 Å². The summed E-state index contributed by atoms with van der Waals surface area (Å²) in [7, 11) is 0. The third-order valence-electron chi connectivity index (χ3n) is 4.76. The fraction of sp³-hybridized carbons (Fsp3) is 0.826. The minimum absolute atomic E-state index is 0.126. The molecule has 3 unspecified atom stereocenters. The van der Waals surface area contributed by atoms with E-state index in [0.29, 0.717) is 12.3 Å². The number of ketones is 2. The molecule has 146 valence electrons. The lowest BCUT2D eigenvalue weighted by Gasteiger charge is -2.22. The van der Waals surface area contributed by atoms with E-state index in [2.05, 4.69) is 54.5 Å². The van der Waals surface area contributed by atoms with Crippen LogP contribution >= 0.6 is 0 Å². The van der Waals surface area contributed by atoms with Crippen LogP contribution in [0.1, 0.15) is 100 Å². The predicted molar refractivity (Wildman–Crippen MR) is 109 cm³/mol. The highest BCUT2D eigenvalue weighted by molar-refractivity contribution is 6.37. The van der Waals surface area contributed by atoms with E-state index in [-0.39, 0.29) is 28.8 Å². The van der Waals surface area contributed by atoms with Gasteiger partial charge in [0.2, 0.25) is 5.78 Å². The lowest BCUT2D eigenvalue weighted by molar-refractivity contribution is -0.139. The van der Waals surface area contributed by atoms with Gasteiger partial charge in [0.05, 0.1) is 0 Å². The van der Waals surface area contributed by atoms with Crippen LogP contribution in [0.3, 0.4) is 0 Å². The molecule has 2 heteroatoms. The zero-order valence-corrected chi connectivity index (χ0v) is 18.1. The first-order valence-corrected chi connectivity index (χ1v) is 10.1. The van der Waals surface area contributed by atoms with Gasteiger partial charge in [0.15, 0.2) is 5.78 Å². The average molecular weight is 351 g/mol. The Morgan fingerprint density at radius 1 is 0.920 bits per heavy atom. The van der Waals surface area contributed by atoms with Crippen molar-refractivity contribution in [1.29, 1.82) is 0 Å². The maximum absolute atomic E-state index is 12.3. The van der Waals surface area contributed by atoms with Gasteiger partial charge in [-0.05, 0) is 56.8 Å². The number of rotatable bonds is 12. The van der Waals surface area contributed by atoms with Crippen molar-refractivity contribution in [3.05, 3.63) is 11.6 Å². The van der Waals surface area contributed by atoms with Gasteiger partial charge in [0, 0.05) is 12.3 Å². The second kappa shape index (κ2) is 11.6. The van der Waals surface area contributed by atoms with Crippen LogP contribution < -0.4 is 0 Å². The molecular weight excluding hydrogens is 308 g/mol. The zero-order valence-electron chi connectivity index (χ0n) is 18.1. The Kier molecular flexibility index (Phi) is 11.2. The van der Waals surface area contributed by atoms with Crippen LogP contribution in [-0.2, 0) is 9.59 Å². The summed E-state index contributed by atoms with van der Waals surface area (Å²) >= 11 is 0. The first kappa shape index (κ1) is 24.1. The summed E-state index contributed by atoms with van der Waals surface area (Å²) in [5.41, 5.74) is 1.58. The van der Waals surface area contributed by atoms with Gasteiger partial charge in [-0.25, -0.2) is 0 Å². The van der Waals surface area contributed by atoms with Gasteiger partial charge >= 0.3 is 0 Å². The van der Waals surface area contributed by atoms with Gasteiger partial charge in [-0.3, -0.25) is 9.59 Å². The Morgan fingerprint density at radius 3 is 2.04 bits per heavy atom. The van der Waals surface area contributed by atoms with E-state index in [1.807, 2.05) is 6.92 Å².